The SMILES string of the molecule is [CH2]C[C@H]1O[C@@H](n2ccc(N)nc2=O)[C@](C)(F)[C@@H]1O. The van der Waals surface area contributed by atoms with Crippen molar-refractivity contribution in [2.45, 2.75) is 37.4 Å². The first-order valence-electron chi connectivity index (χ1n) is 5.54. The number of nitrogen functional groups attached to an aromatic ring is 1. The monoisotopic (exact) mass is 256 g/mol. The van der Waals surface area contributed by atoms with E-state index in [-0.39, 0.29) is 12.2 Å². The van der Waals surface area contributed by atoms with E-state index in [2.05, 4.69) is 11.9 Å². The molecule has 1 saturated heterocycles. The van der Waals surface area contributed by atoms with Crippen LogP contribution in [0.4, 0.5) is 10.2 Å². The van der Waals surface area contributed by atoms with Gasteiger partial charge in [-0.3, -0.25) is 4.57 Å². The van der Waals surface area contributed by atoms with Gasteiger partial charge in [0.2, 0.25) is 0 Å². The van der Waals surface area contributed by atoms with Crippen molar-refractivity contribution in [2.24, 2.45) is 0 Å². The van der Waals surface area contributed by atoms with Gasteiger partial charge in [0.05, 0.1) is 6.10 Å². The molecule has 1 aliphatic heterocycles. The molecule has 0 spiro atoms. The molecule has 1 radical (unpaired) electrons. The molecule has 0 bridgehead atoms. The van der Waals surface area contributed by atoms with E-state index in [0.29, 0.717) is 0 Å². The largest absolute Gasteiger partial charge is 0.387 e. The third-order valence-electron chi connectivity index (χ3n) is 3.11. The molecule has 1 fully saturated rings. The Kier molecular flexibility index (Phi) is 3.12. The number of hydrogen-bond donors (Lipinski definition) is 2. The Morgan fingerprint density at radius 2 is 2.44 bits per heavy atom. The van der Waals surface area contributed by atoms with Crippen LogP contribution in [0.1, 0.15) is 19.6 Å². The predicted octanol–water partition coefficient (Wildman–Crippen LogP) is 0.0362. The van der Waals surface area contributed by atoms with Crippen molar-refractivity contribution in [3.05, 3.63) is 29.7 Å². The second-order valence-electron chi connectivity index (χ2n) is 4.45. The molecule has 1 aromatic rings. The van der Waals surface area contributed by atoms with Crippen LogP contribution >= 0.6 is 0 Å². The van der Waals surface area contributed by atoms with Crippen molar-refractivity contribution in [3.8, 4) is 0 Å². The standard InChI is InChI=1S/C11H15FN3O3/c1-3-6-8(16)11(2,12)9(18-6)15-5-4-7(13)14-10(15)17/h4-6,8-9,16H,1,3H2,2H3,(H2,13,14,17)/t6-,8-,9-,11-/m1/s1. The van der Waals surface area contributed by atoms with E-state index < -0.39 is 29.8 Å². The third-order valence-corrected chi connectivity index (χ3v) is 3.11. The van der Waals surface area contributed by atoms with Crippen LogP contribution in [0.25, 0.3) is 0 Å². The summed E-state index contributed by atoms with van der Waals surface area (Å²) in [7, 11) is 0. The molecule has 1 aliphatic rings. The molecular formula is C11H15FN3O3. The van der Waals surface area contributed by atoms with Gasteiger partial charge in [0.25, 0.3) is 0 Å². The summed E-state index contributed by atoms with van der Waals surface area (Å²) < 4.78 is 20.8. The van der Waals surface area contributed by atoms with E-state index in [1.54, 1.807) is 0 Å². The van der Waals surface area contributed by atoms with E-state index in [0.717, 1.165) is 4.57 Å². The average Bonchev–Trinajstić information content (AvgIpc) is 2.52. The number of nitrogens with two attached hydrogens (primary N) is 1. The smallest absolute Gasteiger partial charge is 0.351 e. The molecule has 0 amide bonds. The summed E-state index contributed by atoms with van der Waals surface area (Å²) in [6, 6.07) is 1.37. The molecule has 1 aromatic heterocycles. The highest BCUT2D eigenvalue weighted by atomic mass is 19.1. The van der Waals surface area contributed by atoms with Gasteiger partial charge in [-0.25, -0.2) is 9.18 Å². The summed E-state index contributed by atoms with van der Waals surface area (Å²) in [5, 5.41) is 9.79. The van der Waals surface area contributed by atoms with Gasteiger partial charge >= 0.3 is 5.69 Å². The molecular weight excluding hydrogens is 241 g/mol. The fourth-order valence-corrected chi connectivity index (χ4v) is 2.05. The fraction of sp³-hybridized carbons (Fsp3) is 0.545. The third kappa shape index (κ3) is 1.89. The molecule has 0 unspecified atom stereocenters. The lowest BCUT2D eigenvalue weighted by molar-refractivity contribution is -0.0499. The van der Waals surface area contributed by atoms with E-state index in [9.17, 15) is 14.3 Å². The highest BCUT2D eigenvalue weighted by molar-refractivity contribution is 5.23. The molecule has 7 heteroatoms. The van der Waals surface area contributed by atoms with Crippen molar-refractivity contribution >= 4 is 5.82 Å². The maximum atomic E-state index is 14.5. The lowest BCUT2D eigenvalue weighted by atomic mass is 9.97. The van der Waals surface area contributed by atoms with E-state index in [1.165, 1.54) is 19.2 Å². The number of nitrogens with zero attached hydrogens (tertiary/aromatic N) is 2. The van der Waals surface area contributed by atoms with Gasteiger partial charge in [-0.05, 0) is 19.4 Å². The molecule has 0 aliphatic carbocycles. The number of rotatable bonds is 2. The molecule has 0 aromatic carbocycles. The Morgan fingerprint density at radius 1 is 1.78 bits per heavy atom. The van der Waals surface area contributed by atoms with Crippen LogP contribution in [0, 0.1) is 6.92 Å². The van der Waals surface area contributed by atoms with Crippen molar-refractivity contribution in [3.63, 3.8) is 0 Å². The van der Waals surface area contributed by atoms with Crippen molar-refractivity contribution in [2.75, 3.05) is 5.73 Å². The minimum Gasteiger partial charge on any atom is -0.387 e. The number of alkyl halides is 1. The summed E-state index contributed by atoms with van der Waals surface area (Å²) in [5.41, 5.74) is 2.54. The Bertz CT molecular complexity index is 503. The number of hydrogen-bond acceptors (Lipinski definition) is 5. The molecule has 6 nitrogen and oxygen atoms in total. The molecule has 2 heterocycles. The Hall–Kier alpha value is -1.47. The second kappa shape index (κ2) is 4.33. The number of aliphatic hydroxyl groups is 1. The quantitative estimate of drug-likeness (QED) is 0.779. The molecule has 0 saturated carbocycles. The zero-order chi connectivity index (χ0) is 13.5. The predicted molar refractivity (Wildman–Crippen MR) is 62.3 cm³/mol. The van der Waals surface area contributed by atoms with Crippen LogP contribution in [-0.4, -0.2) is 32.5 Å². The molecule has 2 rings (SSSR count). The van der Waals surface area contributed by atoms with Gasteiger partial charge in [0.1, 0.15) is 11.9 Å². The van der Waals surface area contributed by atoms with Crippen LogP contribution in [0.3, 0.4) is 0 Å². The van der Waals surface area contributed by atoms with Gasteiger partial charge in [-0.2, -0.15) is 4.98 Å². The van der Waals surface area contributed by atoms with E-state index >= 15 is 0 Å². The van der Waals surface area contributed by atoms with Crippen LogP contribution < -0.4 is 11.4 Å². The van der Waals surface area contributed by atoms with Crippen molar-refractivity contribution in [1.29, 1.82) is 0 Å². The summed E-state index contributed by atoms with van der Waals surface area (Å²) in [5.74, 6) is 0.0454. The second-order valence-corrected chi connectivity index (χ2v) is 4.45. The number of ether oxygens (including phenoxy) is 1. The number of aliphatic hydroxyl groups excluding tert-OH is 1. The van der Waals surface area contributed by atoms with Crippen LogP contribution in [0.5, 0.6) is 0 Å². The fourth-order valence-electron chi connectivity index (χ4n) is 2.05. The van der Waals surface area contributed by atoms with E-state index in [4.69, 9.17) is 10.5 Å². The average molecular weight is 256 g/mol. The number of anilines is 1. The zero-order valence-electron chi connectivity index (χ0n) is 9.91. The summed E-state index contributed by atoms with van der Waals surface area (Å²) in [6.45, 7) is 4.75. The lowest BCUT2D eigenvalue weighted by Crippen LogP contribution is -2.42. The van der Waals surface area contributed by atoms with Crippen molar-refractivity contribution < 1.29 is 14.2 Å². The maximum absolute atomic E-state index is 14.5. The zero-order valence-corrected chi connectivity index (χ0v) is 9.91. The first-order valence-corrected chi connectivity index (χ1v) is 5.54. The molecule has 99 valence electrons. The topological polar surface area (TPSA) is 90.4 Å². The van der Waals surface area contributed by atoms with E-state index in [1.807, 2.05) is 0 Å². The molecule has 3 N–H and O–H groups in total. The summed E-state index contributed by atoms with van der Waals surface area (Å²) >= 11 is 0. The van der Waals surface area contributed by atoms with Gasteiger partial charge in [0, 0.05) is 6.20 Å². The summed E-state index contributed by atoms with van der Waals surface area (Å²) in [6.07, 6.45) is -1.83. The van der Waals surface area contributed by atoms with Gasteiger partial charge < -0.3 is 15.6 Å². The Balaban J connectivity index is 2.42. The van der Waals surface area contributed by atoms with Gasteiger partial charge in [0.15, 0.2) is 11.9 Å². The first-order chi connectivity index (χ1) is 8.37. The number of aromatic nitrogens is 2. The Labute approximate surface area is 103 Å². The highest BCUT2D eigenvalue weighted by Crippen LogP contribution is 2.41. The normalized spacial score (nSPS) is 35.9. The van der Waals surface area contributed by atoms with Crippen LogP contribution in [0.2, 0.25) is 0 Å². The van der Waals surface area contributed by atoms with Crippen LogP contribution in [0.15, 0.2) is 17.1 Å². The minimum atomic E-state index is -2.09. The Morgan fingerprint density at radius 3 is 2.94 bits per heavy atom. The van der Waals surface area contributed by atoms with Gasteiger partial charge in [-0.15, -0.1) is 0 Å². The number of halogens is 1. The first kappa shape index (κ1) is 13.0. The molecule has 4 atom stereocenters. The lowest BCUT2D eigenvalue weighted by Gasteiger charge is -2.24. The maximum Gasteiger partial charge on any atom is 0.351 e. The van der Waals surface area contributed by atoms with Gasteiger partial charge in [-0.1, -0.05) is 6.92 Å². The van der Waals surface area contributed by atoms with Crippen LogP contribution in [-0.2, 0) is 4.74 Å². The summed E-state index contributed by atoms with van der Waals surface area (Å²) in [4.78, 5) is 15.1. The van der Waals surface area contributed by atoms with Crippen molar-refractivity contribution in [1.82, 2.24) is 9.55 Å². The highest BCUT2D eigenvalue weighted by Gasteiger charge is 2.54. The minimum absolute atomic E-state index is 0.0454. The molecule has 18 heavy (non-hydrogen) atoms.